The molecule has 156 valence electrons. The second-order valence-corrected chi connectivity index (χ2v) is 7.77. The maximum atomic E-state index is 12.6. The van der Waals surface area contributed by atoms with Crippen LogP contribution >= 0.6 is 11.6 Å². The van der Waals surface area contributed by atoms with Gasteiger partial charge in [0.15, 0.2) is 0 Å². The normalized spacial score (nSPS) is 13.6. The van der Waals surface area contributed by atoms with Crippen molar-refractivity contribution < 1.29 is 19.1 Å². The second-order valence-electron chi connectivity index (χ2n) is 7.34. The number of aromatic nitrogens is 1. The fourth-order valence-electron chi connectivity index (χ4n) is 3.43. The zero-order chi connectivity index (χ0) is 21.1. The Bertz CT molecular complexity index is 1150. The van der Waals surface area contributed by atoms with Crippen LogP contribution in [0.5, 0.6) is 0 Å². The molecule has 4 rings (SSSR count). The van der Waals surface area contributed by atoms with Crippen molar-refractivity contribution in [2.24, 2.45) is 0 Å². The van der Waals surface area contributed by atoms with Crippen molar-refractivity contribution in [1.82, 2.24) is 10.3 Å². The molecule has 2 atom stereocenters. The number of benzene rings is 2. The zero-order valence-corrected chi connectivity index (χ0v) is 17.3. The summed E-state index contributed by atoms with van der Waals surface area (Å²) in [5.74, 6) is 0.175. The summed E-state index contributed by atoms with van der Waals surface area (Å²) in [5, 5.41) is 15.6. The smallest absolute Gasteiger partial charge is 0.227 e. The molecular formula is C23H23ClN2O4. The Morgan fingerprint density at radius 1 is 1.20 bits per heavy atom. The number of halogens is 1. The Kier molecular flexibility index (Phi) is 6.08. The Labute approximate surface area is 178 Å². The van der Waals surface area contributed by atoms with Crippen molar-refractivity contribution >= 4 is 39.3 Å². The predicted octanol–water partition coefficient (Wildman–Crippen LogP) is 4.36. The molecule has 1 amide bonds. The summed E-state index contributed by atoms with van der Waals surface area (Å²) < 4.78 is 10.6. The first-order valence-corrected chi connectivity index (χ1v) is 10.2. The van der Waals surface area contributed by atoms with Crippen LogP contribution in [0.25, 0.3) is 21.8 Å². The SMILES string of the molecule is CC(C(=O)NCC(O)COCc1ccco1)c1ccc2c(c1)[nH]c1ccc(Cl)cc12. The maximum absolute atomic E-state index is 12.6. The molecule has 2 aromatic heterocycles. The van der Waals surface area contributed by atoms with Gasteiger partial charge in [0.05, 0.1) is 24.9 Å². The van der Waals surface area contributed by atoms with Crippen molar-refractivity contribution in [3.63, 3.8) is 0 Å². The summed E-state index contributed by atoms with van der Waals surface area (Å²) >= 11 is 6.12. The van der Waals surface area contributed by atoms with Gasteiger partial charge in [-0.1, -0.05) is 23.7 Å². The molecule has 0 saturated carbocycles. The number of H-pyrrole nitrogens is 1. The summed E-state index contributed by atoms with van der Waals surface area (Å²) in [6, 6.07) is 15.2. The number of ether oxygens (including phenoxy) is 1. The van der Waals surface area contributed by atoms with E-state index >= 15 is 0 Å². The molecule has 2 heterocycles. The van der Waals surface area contributed by atoms with Crippen molar-refractivity contribution in [1.29, 1.82) is 0 Å². The van der Waals surface area contributed by atoms with E-state index in [1.165, 1.54) is 0 Å². The van der Waals surface area contributed by atoms with Gasteiger partial charge in [-0.2, -0.15) is 0 Å². The van der Waals surface area contributed by atoms with E-state index in [1.807, 2.05) is 43.3 Å². The highest BCUT2D eigenvalue weighted by Crippen LogP contribution is 2.30. The van der Waals surface area contributed by atoms with Crippen LogP contribution in [0.2, 0.25) is 5.02 Å². The highest BCUT2D eigenvalue weighted by molar-refractivity contribution is 6.31. The molecule has 2 aromatic carbocycles. The van der Waals surface area contributed by atoms with Crippen molar-refractivity contribution in [2.75, 3.05) is 13.2 Å². The molecule has 0 saturated heterocycles. The van der Waals surface area contributed by atoms with Crippen LogP contribution in [0.1, 0.15) is 24.2 Å². The minimum atomic E-state index is -0.794. The van der Waals surface area contributed by atoms with E-state index in [0.29, 0.717) is 10.8 Å². The Hall–Kier alpha value is -2.80. The average Bonchev–Trinajstić information content (AvgIpc) is 3.38. The molecule has 0 bridgehead atoms. The number of aromatic amines is 1. The van der Waals surface area contributed by atoms with E-state index in [4.69, 9.17) is 20.8 Å². The Balaban J connectivity index is 1.35. The van der Waals surface area contributed by atoms with Crippen molar-refractivity contribution in [3.8, 4) is 0 Å². The van der Waals surface area contributed by atoms with E-state index in [0.717, 1.165) is 27.4 Å². The molecule has 0 radical (unpaired) electrons. The minimum Gasteiger partial charge on any atom is -0.467 e. The summed E-state index contributed by atoms with van der Waals surface area (Å²) in [6.45, 7) is 2.35. The number of carbonyl (C=O) groups is 1. The van der Waals surface area contributed by atoms with Crippen LogP contribution in [0.3, 0.4) is 0 Å². The highest BCUT2D eigenvalue weighted by Gasteiger charge is 2.17. The lowest BCUT2D eigenvalue weighted by atomic mass is 9.98. The molecule has 0 aliphatic carbocycles. The molecule has 3 N–H and O–H groups in total. The number of furan rings is 1. The lowest BCUT2D eigenvalue weighted by molar-refractivity contribution is -0.122. The number of aliphatic hydroxyl groups excluding tert-OH is 1. The van der Waals surface area contributed by atoms with Gasteiger partial charge in [0.1, 0.15) is 12.4 Å². The van der Waals surface area contributed by atoms with Crippen molar-refractivity contribution in [3.05, 3.63) is 71.1 Å². The summed E-state index contributed by atoms with van der Waals surface area (Å²) in [5.41, 5.74) is 2.85. The quantitative estimate of drug-likeness (QED) is 0.390. The van der Waals surface area contributed by atoms with E-state index < -0.39 is 6.10 Å². The van der Waals surface area contributed by atoms with Gasteiger partial charge in [-0.3, -0.25) is 4.79 Å². The van der Waals surface area contributed by atoms with E-state index in [9.17, 15) is 9.90 Å². The summed E-state index contributed by atoms with van der Waals surface area (Å²) in [7, 11) is 0. The number of hydrogen-bond donors (Lipinski definition) is 3. The molecule has 4 aromatic rings. The minimum absolute atomic E-state index is 0.110. The van der Waals surface area contributed by atoms with Gasteiger partial charge in [-0.05, 0) is 48.9 Å². The number of amides is 1. The highest BCUT2D eigenvalue weighted by atomic mass is 35.5. The Morgan fingerprint density at radius 3 is 2.87 bits per heavy atom. The van der Waals surface area contributed by atoms with Crippen LogP contribution in [0.4, 0.5) is 0 Å². The number of rotatable bonds is 8. The number of nitrogens with one attached hydrogen (secondary N) is 2. The molecule has 0 spiro atoms. The first-order valence-electron chi connectivity index (χ1n) is 9.78. The fraction of sp³-hybridized carbons (Fsp3) is 0.261. The van der Waals surface area contributed by atoms with E-state index in [1.54, 1.807) is 18.4 Å². The molecule has 0 aliphatic heterocycles. The summed E-state index contributed by atoms with van der Waals surface area (Å²) in [4.78, 5) is 15.9. The van der Waals surface area contributed by atoms with Gasteiger partial charge >= 0.3 is 0 Å². The van der Waals surface area contributed by atoms with Gasteiger partial charge in [-0.15, -0.1) is 0 Å². The zero-order valence-electron chi connectivity index (χ0n) is 16.5. The number of aliphatic hydroxyl groups is 1. The van der Waals surface area contributed by atoms with Gasteiger partial charge in [-0.25, -0.2) is 0 Å². The van der Waals surface area contributed by atoms with Crippen molar-refractivity contribution in [2.45, 2.75) is 25.6 Å². The van der Waals surface area contributed by atoms with E-state index in [-0.39, 0.29) is 31.6 Å². The van der Waals surface area contributed by atoms with Crippen LogP contribution in [-0.4, -0.2) is 35.3 Å². The monoisotopic (exact) mass is 426 g/mol. The fourth-order valence-corrected chi connectivity index (χ4v) is 3.61. The first kappa shape index (κ1) is 20.5. The third-order valence-corrected chi connectivity index (χ3v) is 5.36. The topological polar surface area (TPSA) is 87.5 Å². The molecule has 0 aliphatic rings. The third kappa shape index (κ3) is 4.51. The maximum Gasteiger partial charge on any atom is 0.227 e. The first-order chi connectivity index (χ1) is 14.5. The van der Waals surface area contributed by atoms with Crippen LogP contribution in [0, 0.1) is 0 Å². The lowest BCUT2D eigenvalue weighted by Crippen LogP contribution is -2.36. The van der Waals surface area contributed by atoms with Gasteiger partial charge in [0.25, 0.3) is 0 Å². The largest absolute Gasteiger partial charge is 0.467 e. The standard InChI is InChI=1S/C23H23ClN2O4/c1-14(23(28)25-11-17(27)12-29-13-18-3-2-8-30-18)15-4-6-19-20-10-16(24)5-7-21(20)26-22(19)9-15/h2-10,14,17,26-27H,11-13H2,1H3,(H,25,28). The molecule has 0 fully saturated rings. The second kappa shape index (κ2) is 8.92. The number of fused-ring (bicyclic) bond motifs is 3. The van der Waals surface area contributed by atoms with Crippen LogP contribution in [-0.2, 0) is 16.1 Å². The van der Waals surface area contributed by atoms with Gasteiger partial charge < -0.3 is 24.6 Å². The molecule has 7 heteroatoms. The van der Waals surface area contributed by atoms with Crippen LogP contribution < -0.4 is 5.32 Å². The number of hydrogen-bond acceptors (Lipinski definition) is 4. The molecule has 30 heavy (non-hydrogen) atoms. The van der Waals surface area contributed by atoms with Gasteiger partial charge in [0, 0.05) is 33.4 Å². The molecular weight excluding hydrogens is 404 g/mol. The van der Waals surface area contributed by atoms with Crippen LogP contribution in [0.15, 0.2) is 59.2 Å². The molecule has 6 nitrogen and oxygen atoms in total. The molecule has 2 unspecified atom stereocenters. The Morgan fingerprint density at radius 2 is 2.07 bits per heavy atom. The third-order valence-electron chi connectivity index (χ3n) is 5.12. The average molecular weight is 427 g/mol. The summed E-state index contributed by atoms with van der Waals surface area (Å²) in [6.07, 6.45) is 0.774. The number of carbonyl (C=O) groups excluding carboxylic acids is 1. The lowest BCUT2D eigenvalue weighted by Gasteiger charge is -2.16. The van der Waals surface area contributed by atoms with E-state index in [2.05, 4.69) is 10.3 Å². The van der Waals surface area contributed by atoms with Gasteiger partial charge in [0.2, 0.25) is 5.91 Å². The predicted molar refractivity (Wildman–Crippen MR) is 117 cm³/mol.